The molecule has 0 N–H and O–H groups in total. The molecule has 0 radical (unpaired) electrons. The van der Waals surface area contributed by atoms with Crippen LogP contribution >= 0.6 is 22.9 Å². The number of aromatic carboxylic acids is 1. The van der Waals surface area contributed by atoms with E-state index in [1.807, 2.05) is 0 Å². The Hall–Kier alpha value is -2.53. The molecule has 3 aromatic rings. The fraction of sp³-hybridized carbons (Fsp3) is 0.375. The maximum Gasteiger partial charge on any atom is 0.320 e. The van der Waals surface area contributed by atoms with Gasteiger partial charge in [0.25, 0.3) is 0 Å². The van der Waals surface area contributed by atoms with Gasteiger partial charge in [-0.3, -0.25) is 4.99 Å². The number of rotatable bonds is 6. The third-order valence-electron chi connectivity index (χ3n) is 6.56. The van der Waals surface area contributed by atoms with Gasteiger partial charge in [0.1, 0.15) is 5.69 Å². The molecule has 186 valence electrons. The molecule has 2 heterocycles. The predicted octanol–water partition coefficient (Wildman–Crippen LogP) is 2.67. The molecule has 4 rings (SSSR count). The quantitative estimate of drug-likeness (QED) is 0.451. The van der Waals surface area contributed by atoms with Crippen LogP contribution in [-0.2, 0) is 21.7 Å². The van der Waals surface area contributed by atoms with Crippen LogP contribution in [0.1, 0.15) is 36.2 Å². The van der Waals surface area contributed by atoms with Crippen molar-refractivity contribution < 1.29 is 23.1 Å². The summed E-state index contributed by atoms with van der Waals surface area (Å²) >= 11 is 7.16. The lowest BCUT2D eigenvalue weighted by atomic mass is 10.1. The summed E-state index contributed by atoms with van der Waals surface area (Å²) in [7, 11) is -0.616. The second-order valence-corrected chi connectivity index (χ2v) is 12.2. The zero-order valence-electron chi connectivity index (χ0n) is 19.5. The second kappa shape index (κ2) is 9.85. The number of carboxylic acids is 1. The van der Waals surface area contributed by atoms with Crippen molar-refractivity contribution >= 4 is 60.4 Å². The summed E-state index contributed by atoms with van der Waals surface area (Å²) in [5.41, 5.74) is -0.0816. The number of sulfone groups is 1. The average Bonchev–Trinajstić information content (AvgIpc) is 3.19. The number of carbonyl (C=O) groups excluding carboxylic acids is 2. The van der Waals surface area contributed by atoms with E-state index in [2.05, 4.69) is 4.99 Å². The molecule has 35 heavy (non-hydrogen) atoms. The molecule has 8 nitrogen and oxygen atoms in total. The van der Waals surface area contributed by atoms with Gasteiger partial charge < -0.3 is 14.5 Å². The molecule has 0 aliphatic carbocycles. The number of nitrogens with zero attached hydrogens (tertiary/aromatic N) is 3. The van der Waals surface area contributed by atoms with Gasteiger partial charge in [0.05, 0.1) is 36.1 Å². The predicted molar refractivity (Wildman–Crippen MR) is 135 cm³/mol. The number of carbonyl (C=O) groups is 2. The molecule has 0 saturated carbocycles. The molecule has 2 aromatic carbocycles. The van der Waals surface area contributed by atoms with Gasteiger partial charge in [-0.05, 0) is 65.6 Å². The van der Waals surface area contributed by atoms with Crippen LogP contribution < -0.4 is 14.4 Å². The molecule has 0 atom stereocenters. The molecule has 1 aromatic heterocycles. The van der Waals surface area contributed by atoms with E-state index in [-0.39, 0.29) is 33.2 Å². The van der Waals surface area contributed by atoms with Crippen LogP contribution in [0.5, 0.6) is 0 Å². The van der Waals surface area contributed by atoms with Gasteiger partial charge in [-0.2, -0.15) is 0 Å². The summed E-state index contributed by atoms with van der Waals surface area (Å²) in [4.78, 5) is 30.4. The van der Waals surface area contributed by atoms with Crippen molar-refractivity contribution in [2.45, 2.75) is 30.6 Å². The molecule has 0 spiro atoms. The van der Waals surface area contributed by atoms with E-state index in [9.17, 15) is 23.1 Å². The van der Waals surface area contributed by atoms with Crippen molar-refractivity contribution in [3.8, 4) is 0 Å². The van der Waals surface area contributed by atoms with E-state index >= 15 is 0 Å². The van der Waals surface area contributed by atoms with Gasteiger partial charge >= 0.3 is 5.91 Å². The normalized spacial score (nSPS) is 16.5. The van der Waals surface area contributed by atoms with Gasteiger partial charge in [0, 0.05) is 19.1 Å². The molecule has 1 aliphatic heterocycles. The topological polar surface area (TPSA) is 109 Å². The zero-order valence-corrected chi connectivity index (χ0v) is 21.9. The first-order valence-electron chi connectivity index (χ1n) is 11.3. The molecule has 1 fully saturated rings. The van der Waals surface area contributed by atoms with Crippen LogP contribution in [0.2, 0.25) is 5.02 Å². The lowest BCUT2D eigenvalue weighted by Gasteiger charge is -2.37. The molecule has 1 amide bonds. The third kappa shape index (κ3) is 4.80. The molecular formula is C24H26ClN3O5S2. The lowest BCUT2D eigenvalue weighted by molar-refractivity contribution is -0.255. The van der Waals surface area contributed by atoms with E-state index in [1.165, 1.54) is 10.6 Å². The fourth-order valence-corrected chi connectivity index (χ4v) is 7.42. The Morgan fingerprint density at radius 2 is 1.77 bits per heavy atom. The maximum absolute atomic E-state index is 13.7. The Bertz CT molecular complexity index is 1480. The lowest BCUT2D eigenvalue weighted by Crippen LogP contribution is -2.58. The Balaban J connectivity index is 1.67. The standard InChI is InChI=1S/C24H26ClN3O5S2/c1-26-24-27(2)21(23(30)31)22(34-24)28(11-4-3-5-12-28)20(29)10-13-35(32,33)19-9-7-16-14-18(25)8-6-17(16)15-19/h6-9,14-15H,3-5,10-13H2,1-2H3/b26-24-. The maximum atomic E-state index is 13.7. The Kier molecular flexibility index (Phi) is 7.19. The summed E-state index contributed by atoms with van der Waals surface area (Å²) in [5, 5.41) is 14.5. The summed E-state index contributed by atoms with van der Waals surface area (Å²) in [6.07, 6.45) is 2.17. The third-order valence-corrected chi connectivity index (χ3v) is 9.88. The summed E-state index contributed by atoms with van der Waals surface area (Å²) in [6, 6.07) is 10.0. The van der Waals surface area contributed by atoms with E-state index in [1.54, 1.807) is 44.4 Å². The monoisotopic (exact) mass is 535 g/mol. The van der Waals surface area contributed by atoms with Crippen LogP contribution in [0.4, 0.5) is 5.00 Å². The minimum Gasteiger partial charge on any atom is -0.543 e. The van der Waals surface area contributed by atoms with Gasteiger partial charge in [-0.1, -0.05) is 23.7 Å². The number of aromatic nitrogens is 1. The van der Waals surface area contributed by atoms with Crippen LogP contribution in [0.3, 0.4) is 0 Å². The number of hydrogen-bond donors (Lipinski definition) is 0. The Morgan fingerprint density at radius 3 is 2.43 bits per heavy atom. The summed E-state index contributed by atoms with van der Waals surface area (Å²) in [5.74, 6) is -2.06. The van der Waals surface area contributed by atoms with Crippen molar-refractivity contribution in [3.63, 3.8) is 0 Å². The average molecular weight is 536 g/mol. The number of quaternary nitrogens is 1. The van der Waals surface area contributed by atoms with Crippen molar-refractivity contribution in [2.24, 2.45) is 12.0 Å². The van der Waals surface area contributed by atoms with Crippen LogP contribution in [0, 0.1) is 0 Å². The Labute approximate surface area is 212 Å². The van der Waals surface area contributed by atoms with E-state index in [0.29, 0.717) is 27.9 Å². The highest BCUT2D eigenvalue weighted by Crippen LogP contribution is 2.36. The molecule has 1 saturated heterocycles. The molecular weight excluding hydrogens is 510 g/mol. The SMILES string of the molecule is C/N=c1\sc([N+]2(C(=O)CCS(=O)(=O)c3ccc4cc(Cl)ccc4c3)CCCCC2)c(C(=O)[O-])n1C. The molecule has 1 aliphatic rings. The van der Waals surface area contributed by atoms with Gasteiger partial charge in [0.15, 0.2) is 14.6 Å². The number of halogens is 1. The number of likely N-dealkylation sites (tertiary alicyclic amines) is 1. The highest BCUT2D eigenvalue weighted by Gasteiger charge is 2.44. The number of hydrogen-bond acceptors (Lipinski definition) is 7. The highest BCUT2D eigenvalue weighted by molar-refractivity contribution is 7.91. The second-order valence-electron chi connectivity index (χ2n) is 8.70. The zero-order chi connectivity index (χ0) is 25.4. The number of amides is 1. The van der Waals surface area contributed by atoms with Gasteiger partial charge in [0.2, 0.25) is 5.00 Å². The number of thiazole rings is 1. The first-order valence-corrected chi connectivity index (χ1v) is 14.1. The van der Waals surface area contributed by atoms with E-state index in [0.717, 1.165) is 41.4 Å². The smallest absolute Gasteiger partial charge is 0.320 e. The van der Waals surface area contributed by atoms with Crippen molar-refractivity contribution in [1.29, 1.82) is 0 Å². The van der Waals surface area contributed by atoms with Crippen LogP contribution in [-0.4, -0.2) is 50.8 Å². The van der Waals surface area contributed by atoms with Crippen molar-refractivity contribution in [3.05, 3.63) is 51.9 Å². The largest absolute Gasteiger partial charge is 0.543 e. The number of benzene rings is 2. The van der Waals surface area contributed by atoms with E-state index in [4.69, 9.17) is 11.6 Å². The Morgan fingerprint density at radius 1 is 1.11 bits per heavy atom. The summed E-state index contributed by atoms with van der Waals surface area (Å²) < 4.78 is 27.5. The van der Waals surface area contributed by atoms with Crippen molar-refractivity contribution in [1.82, 2.24) is 9.05 Å². The molecule has 11 heteroatoms. The highest BCUT2D eigenvalue weighted by atomic mass is 35.5. The number of fused-ring (bicyclic) bond motifs is 1. The minimum atomic E-state index is -3.75. The molecule has 0 bridgehead atoms. The van der Waals surface area contributed by atoms with Gasteiger partial charge in [-0.25, -0.2) is 17.7 Å². The first kappa shape index (κ1) is 25.6. The summed E-state index contributed by atoms with van der Waals surface area (Å²) in [6.45, 7) is 0.832. The number of carboxylic acid groups (broad SMARTS) is 1. The van der Waals surface area contributed by atoms with Crippen LogP contribution in [0.15, 0.2) is 46.3 Å². The first-order chi connectivity index (χ1) is 16.6. The fourth-order valence-electron chi connectivity index (χ4n) is 4.71. The van der Waals surface area contributed by atoms with E-state index < -0.39 is 15.8 Å². The van der Waals surface area contributed by atoms with Crippen LogP contribution in [0.25, 0.3) is 10.8 Å². The molecule has 0 unspecified atom stereocenters. The number of piperidine rings is 1. The van der Waals surface area contributed by atoms with Gasteiger partial charge in [-0.15, -0.1) is 0 Å². The minimum absolute atomic E-state index is 0.0816. The van der Waals surface area contributed by atoms with Crippen molar-refractivity contribution in [2.75, 3.05) is 25.9 Å².